The van der Waals surface area contributed by atoms with Crippen LogP contribution in [0.3, 0.4) is 0 Å². The van der Waals surface area contributed by atoms with Crippen molar-refractivity contribution in [2.45, 2.75) is 69.9 Å². The van der Waals surface area contributed by atoms with E-state index in [1.54, 1.807) is 0 Å². The molecular weight excluding hydrogens is 218 g/mol. The molecule has 2 rings (SSSR count). The van der Waals surface area contributed by atoms with Gasteiger partial charge in [0, 0.05) is 24.9 Å². The van der Waals surface area contributed by atoms with Gasteiger partial charge in [0.1, 0.15) is 0 Å². The predicted octanol–water partition coefficient (Wildman–Crippen LogP) is 2.17. The van der Waals surface area contributed by atoms with Crippen LogP contribution < -0.4 is 0 Å². The lowest BCUT2D eigenvalue weighted by molar-refractivity contribution is -0.138. The van der Waals surface area contributed by atoms with Crippen LogP contribution in [0.5, 0.6) is 0 Å². The molecule has 1 atom stereocenters. The van der Waals surface area contributed by atoms with Gasteiger partial charge in [-0.15, -0.1) is 0 Å². The molecule has 2 aliphatic rings. The summed E-state index contributed by atoms with van der Waals surface area (Å²) < 4.78 is 0. The van der Waals surface area contributed by atoms with Gasteiger partial charge in [-0.1, -0.05) is 19.3 Å². The molecule has 4 heteroatoms. The second-order valence-corrected chi connectivity index (χ2v) is 5.22. The Hall–Kier alpha value is -1.06. The van der Waals surface area contributed by atoms with E-state index in [1.165, 1.54) is 19.3 Å². The number of carboxylic acid groups (broad SMARTS) is 1. The zero-order valence-corrected chi connectivity index (χ0v) is 10.2. The minimum absolute atomic E-state index is 0.182. The maximum atomic E-state index is 11.9. The first-order chi connectivity index (χ1) is 8.18. The molecule has 4 nitrogen and oxygen atoms in total. The molecule has 1 N–H and O–H groups in total. The summed E-state index contributed by atoms with van der Waals surface area (Å²) in [5, 5.41) is 8.73. The van der Waals surface area contributed by atoms with Crippen LogP contribution in [-0.2, 0) is 9.59 Å². The minimum atomic E-state index is -0.757. The van der Waals surface area contributed by atoms with Crippen molar-refractivity contribution in [3.8, 4) is 0 Å². The van der Waals surface area contributed by atoms with E-state index in [-0.39, 0.29) is 18.4 Å². The van der Waals surface area contributed by atoms with Gasteiger partial charge in [0.25, 0.3) is 0 Å². The lowest BCUT2D eigenvalue weighted by atomic mass is 9.93. The molecule has 0 spiro atoms. The molecule has 1 aliphatic heterocycles. The zero-order valence-electron chi connectivity index (χ0n) is 10.2. The van der Waals surface area contributed by atoms with Crippen LogP contribution in [0.25, 0.3) is 0 Å². The van der Waals surface area contributed by atoms with Crippen molar-refractivity contribution in [2.75, 3.05) is 0 Å². The van der Waals surface area contributed by atoms with Crippen LogP contribution in [0.15, 0.2) is 0 Å². The minimum Gasteiger partial charge on any atom is -0.481 e. The first-order valence-corrected chi connectivity index (χ1v) is 6.71. The summed E-state index contributed by atoms with van der Waals surface area (Å²) in [6, 6.07) is 0.569. The molecule has 0 aromatic rings. The summed E-state index contributed by atoms with van der Waals surface area (Å²) in [4.78, 5) is 24.5. The van der Waals surface area contributed by atoms with E-state index in [9.17, 15) is 9.59 Å². The molecule has 17 heavy (non-hydrogen) atoms. The zero-order chi connectivity index (χ0) is 12.3. The monoisotopic (exact) mass is 239 g/mol. The summed E-state index contributed by atoms with van der Waals surface area (Å²) in [6.45, 7) is 0. The molecule has 1 unspecified atom stereocenters. The van der Waals surface area contributed by atoms with Crippen molar-refractivity contribution in [2.24, 2.45) is 0 Å². The van der Waals surface area contributed by atoms with Gasteiger partial charge in [-0.2, -0.15) is 0 Å². The molecule has 0 aromatic heterocycles. The maximum absolute atomic E-state index is 11.9. The number of carbonyl (C=O) groups is 2. The van der Waals surface area contributed by atoms with Gasteiger partial charge < -0.3 is 10.0 Å². The Bertz CT molecular complexity index is 297. The molecule has 0 aromatic carbocycles. The van der Waals surface area contributed by atoms with Gasteiger partial charge in [0.2, 0.25) is 5.91 Å². The highest BCUT2D eigenvalue weighted by Gasteiger charge is 2.36. The van der Waals surface area contributed by atoms with Crippen LogP contribution in [-0.4, -0.2) is 34.0 Å². The van der Waals surface area contributed by atoms with Crippen LogP contribution in [0.4, 0.5) is 0 Å². The van der Waals surface area contributed by atoms with Crippen molar-refractivity contribution < 1.29 is 14.7 Å². The fourth-order valence-electron chi connectivity index (χ4n) is 3.20. The van der Waals surface area contributed by atoms with Crippen LogP contribution >= 0.6 is 0 Å². The Labute approximate surface area is 102 Å². The molecule has 0 bridgehead atoms. The molecular formula is C13H21NO3. The van der Waals surface area contributed by atoms with Gasteiger partial charge in [-0.25, -0.2) is 0 Å². The number of nitrogens with zero attached hydrogens (tertiary/aromatic N) is 1. The van der Waals surface area contributed by atoms with E-state index in [0.29, 0.717) is 18.9 Å². The summed E-state index contributed by atoms with van der Waals surface area (Å²) in [5.74, 6) is -0.514. The van der Waals surface area contributed by atoms with Crippen molar-refractivity contribution in [3.63, 3.8) is 0 Å². The normalized spacial score (nSPS) is 26.5. The van der Waals surface area contributed by atoms with Crippen molar-refractivity contribution in [1.29, 1.82) is 0 Å². The summed E-state index contributed by atoms with van der Waals surface area (Å²) in [6.07, 6.45) is 8.17. The van der Waals surface area contributed by atoms with Crippen LogP contribution in [0.1, 0.15) is 57.8 Å². The predicted molar refractivity (Wildman–Crippen MR) is 63.6 cm³/mol. The van der Waals surface area contributed by atoms with Crippen molar-refractivity contribution >= 4 is 11.9 Å². The molecule has 1 saturated carbocycles. The number of amides is 1. The molecule has 1 heterocycles. The van der Waals surface area contributed by atoms with E-state index in [2.05, 4.69) is 0 Å². The lowest BCUT2D eigenvalue weighted by Gasteiger charge is -2.35. The Balaban J connectivity index is 1.95. The Morgan fingerprint density at radius 2 is 1.94 bits per heavy atom. The maximum Gasteiger partial charge on any atom is 0.303 e. The SMILES string of the molecule is O=C(O)CCC1CCC(=O)N1C1CCCCC1. The van der Waals surface area contributed by atoms with E-state index < -0.39 is 5.97 Å². The standard InChI is InChI=1S/C13H21NO3/c15-12-8-6-11(7-9-13(16)17)14(12)10-4-2-1-3-5-10/h10-11H,1-9H2,(H,16,17). The van der Waals surface area contributed by atoms with Crippen LogP contribution in [0, 0.1) is 0 Å². The fraction of sp³-hybridized carbons (Fsp3) is 0.846. The Morgan fingerprint density at radius 1 is 1.24 bits per heavy atom. The first-order valence-electron chi connectivity index (χ1n) is 6.71. The van der Waals surface area contributed by atoms with Gasteiger partial charge in [-0.05, 0) is 25.7 Å². The molecule has 0 radical (unpaired) electrons. The number of carbonyl (C=O) groups excluding carboxylic acids is 1. The average Bonchev–Trinajstić information content (AvgIpc) is 2.69. The van der Waals surface area contributed by atoms with E-state index in [1.807, 2.05) is 4.90 Å². The third-order valence-corrected chi connectivity index (χ3v) is 4.03. The fourth-order valence-corrected chi connectivity index (χ4v) is 3.20. The number of hydrogen-bond acceptors (Lipinski definition) is 2. The molecule has 2 fully saturated rings. The third kappa shape index (κ3) is 2.99. The Morgan fingerprint density at radius 3 is 2.59 bits per heavy atom. The summed E-state index contributed by atoms with van der Waals surface area (Å²) in [7, 11) is 0. The number of likely N-dealkylation sites (tertiary alicyclic amines) is 1. The van der Waals surface area contributed by atoms with E-state index in [0.717, 1.165) is 19.3 Å². The van der Waals surface area contributed by atoms with E-state index in [4.69, 9.17) is 5.11 Å². The lowest BCUT2D eigenvalue weighted by Crippen LogP contribution is -2.43. The van der Waals surface area contributed by atoms with Crippen molar-refractivity contribution in [1.82, 2.24) is 4.90 Å². The third-order valence-electron chi connectivity index (χ3n) is 4.03. The second kappa shape index (κ2) is 5.52. The average molecular weight is 239 g/mol. The first kappa shape index (κ1) is 12.4. The molecule has 1 amide bonds. The van der Waals surface area contributed by atoms with Crippen LogP contribution in [0.2, 0.25) is 0 Å². The largest absolute Gasteiger partial charge is 0.481 e. The van der Waals surface area contributed by atoms with Gasteiger partial charge in [0.15, 0.2) is 0 Å². The number of carboxylic acids is 1. The van der Waals surface area contributed by atoms with Gasteiger partial charge in [0.05, 0.1) is 0 Å². The molecule has 1 aliphatic carbocycles. The van der Waals surface area contributed by atoms with Gasteiger partial charge in [-0.3, -0.25) is 9.59 Å². The smallest absolute Gasteiger partial charge is 0.303 e. The molecule has 1 saturated heterocycles. The van der Waals surface area contributed by atoms with Crippen molar-refractivity contribution in [3.05, 3.63) is 0 Å². The number of rotatable bonds is 4. The second-order valence-electron chi connectivity index (χ2n) is 5.22. The Kier molecular flexibility index (Phi) is 4.02. The summed E-state index contributed by atoms with van der Waals surface area (Å²) in [5.41, 5.74) is 0. The number of aliphatic carboxylic acids is 1. The van der Waals surface area contributed by atoms with E-state index >= 15 is 0 Å². The topological polar surface area (TPSA) is 57.6 Å². The highest BCUT2D eigenvalue weighted by Crippen LogP contribution is 2.31. The number of hydrogen-bond donors (Lipinski definition) is 1. The quantitative estimate of drug-likeness (QED) is 0.818. The van der Waals surface area contributed by atoms with Gasteiger partial charge >= 0.3 is 5.97 Å². The highest BCUT2D eigenvalue weighted by atomic mass is 16.4. The summed E-state index contributed by atoms with van der Waals surface area (Å²) >= 11 is 0. The molecule has 96 valence electrons. The highest BCUT2D eigenvalue weighted by molar-refractivity contribution is 5.79.